The van der Waals surface area contributed by atoms with E-state index in [0.717, 1.165) is 0 Å². The first-order chi connectivity index (χ1) is 11.7. The summed E-state index contributed by atoms with van der Waals surface area (Å²) in [5.41, 5.74) is -4.25. The highest BCUT2D eigenvalue weighted by atomic mass is 32.2. The summed E-state index contributed by atoms with van der Waals surface area (Å²) < 4.78 is 37.8. The van der Waals surface area contributed by atoms with Crippen LogP contribution in [0.3, 0.4) is 0 Å². The van der Waals surface area contributed by atoms with Crippen LogP contribution in [0, 0.1) is 11.8 Å². The minimum absolute atomic E-state index is 0.0317. The monoisotopic (exact) mass is 374 g/mol. The molecule has 1 heterocycles. The predicted molar refractivity (Wildman–Crippen MR) is 91.1 cm³/mol. The molecule has 1 aliphatic heterocycles. The topological polar surface area (TPSA) is 49.4 Å². The van der Waals surface area contributed by atoms with Crippen LogP contribution >= 0.6 is 11.8 Å². The molecule has 0 atom stereocenters. The van der Waals surface area contributed by atoms with Crippen LogP contribution in [0.1, 0.15) is 26.7 Å². The van der Waals surface area contributed by atoms with Crippen molar-refractivity contribution in [2.75, 3.05) is 18.4 Å². The fourth-order valence-electron chi connectivity index (χ4n) is 2.75. The van der Waals surface area contributed by atoms with Crippen molar-refractivity contribution in [1.82, 2.24) is 4.90 Å². The number of para-hydroxylation sites is 1. The van der Waals surface area contributed by atoms with E-state index in [0.29, 0.717) is 25.9 Å². The van der Waals surface area contributed by atoms with Gasteiger partial charge in [-0.3, -0.25) is 9.59 Å². The Labute approximate surface area is 149 Å². The highest BCUT2D eigenvalue weighted by Gasteiger charge is 2.32. The second-order valence-corrected chi connectivity index (χ2v) is 7.39. The van der Waals surface area contributed by atoms with E-state index in [9.17, 15) is 22.8 Å². The number of anilines is 1. The normalized spacial score (nSPS) is 16.2. The fraction of sp³-hybridized carbons (Fsp3) is 0.529. The van der Waals surface area contributed by atoms with Gasteiger partial charge < -0.3 is 10.2 Å². The van der Waals surface area contributed by atoms with E-state index >= 15 is 0 Å². The number of nitrogens with zero attached hydrogens (tertiary/aromatic N) is 1. The summed E-state index contributed by atoms with van der Waals surface area (Å²) in [6.07, 6.45) is 1.03. The molecule has 0 saturated carbocycles. The first-order valence-corrected chi connectivity index (χ1v) is 8.93. The summed E-state index contributed by atoms with van der Waals surface area (Å²) >= 11 is -0.244. The van der Waals surface area contributed by atoms with E-state index < -0.39 is 5.51 Å². The van der Waals surface area contributed by atoms with Crippen LogP contribution < -0.4 is 5.32 Å². The summed E-state index contributed by atoms with van der Waals surface area (Å²) in [5.74, 6) is -0.630. The average molecular weight is 374 g/mol. The van der Waals surface area contributed by atoms with Gasteiger partial charge in [-0.2, -0.15) is 13.2 Å². The van der Waals surface area contributed by atoms with E-state index in [1.54, 1.807) is 11.0 Å². The zero-order chi connectivity index (χ0) is 18.6. The van der Waals surface area contributed by atoms with E-state index in [1.807, 2.05) is 13.8 Å². The van der Waals surface area contributed by atoms with Crippen molar-refractivity contribution in [3.05, 3.63) is 24.3 Å². The lowest BCUT2D eigenvalue weighted by atomic mass is 9.95. The SMILES string of the molecule is CC(C)C(=O)N1CCC(C(=O)Nc2ccccc2SC(F)(F)F)CC1. The Hall–Kier alpha value is -1.70. The first kappa shape index (κ1) is 19.6. The Morgan fingerprint density at radius 3 is 2.36 bits per heavy atom. The molecule has 1 saturated heterocycles. The van der Waals surface area contributed by atoms with Crippen molar-refractivity contribution >= 4 is 29.3 Å². The van der Waals surface area contributed by atoms with Crippen molar-refractivity contribution in [1.29, 1.82) is 0 Å². The van der Waals surface area contributed by atoms with Gasteiger partial charge in [0.2, 0.25) is 11.8 Å². The van der Waals surface area contributed by atoms with Crippen molar-refractivity contribution in [3.63, 3.8) is 0 Å². The third-order valence-electron chi connectivity index (χ3n) is 4.04. The molecule has 0 aromatic heterocycles. The highest BCUT2D eigenvalue weighted by molar-refractivity contribution is 8.00. The van der Waals surface area contributed by atoms with Gasteiger partial charge in [0.1, 0.15) is 0 Å². The number of amides is 2. The van der Waals surface area contributed by atoms with Crippen molar-refractivity contribution < 1.29 is 22.8 Å². The number of thioether (sulfide) groups is 1. The van der Waals surface area contributed by atoms with E-state index in [2.05, 4.69) is 5.32 Å². The first-order valence-electron chi connectivity index (χ1n) is 8.12. The summed E-state index contributed by atoms with van der Waals surface area (Å²) in [5, 5.41) is 2.61. The third-order valence-corrected chi connectivity index (χ3v) is 4.85. The van der Waals surface area contributed by atoms with Crippen LogP contribution in [0.25, 0.3) is 0 Å². The molecule has 2 amide bonds. The molecule has 0 spiro atoms. The van der Waals surface area contributed by atoms with Gasteiger partial charge in [-0.15, -0.1) is 0 Å². The summed E-state index contributed by atoms with van der Waals surface area (Å²) in [6.45, 7) is 4.65. The molecular weight excluding hydrogens is 353 g/mol. The van der Waals surface area contributed by atoms with Gasteiger partial charge in [-0.25, -0.2) is 0 Å². The van der Waals surface area contributed by atoms with Crippen LogP contribution in [0.2, 0.25) is 0 Å². The molecule has 1 aliphatic rings. The van der Waals surface area contributed by atoms with E-state index in [1.165, 1.54) is 18.2 Å². The van der Waals surface area contributed by atoms with Crippen LogP contribution in [-0.2, 0) is 9.59 Å². The minimum atomic E-state index is -4.41. The van der Waals surface area contributed by atoms with Crippen molar-refractivity contribution in [3.8, 4) is 0 Å². The Morgan fingerprint density at radius 2 is 1.80 bits per heavy atom. The Kier molecular flexibility index (Phi) is 6.37. The molecule has 2 rings (SSSR count). The van der Waals surface area contributed by atoms with Gasteiger partial charge in [0.25, 0.3) is 0 Å². The Morgan fingerprint density at radius 1 is 1.20 bits per heavy atom. The Balaban J connectivity index is 1.97. The minimum Gasteiger partial charge on any atom is -0.342 e. The number of benzene rings is 1. The van der Waals surface area contributed by atoms with Crippen LogP contribution in [0.4, 0.5) is 18.9 Å². The quantitative estimate of drug-likeness (QED) is 0.806. The number of alkyl halides is 3. The summed E-state index contributed by atoms with van der Waals surface area (Å²) in [6, 6.07) is 5.88. The van der Waals surface area contributed by atoms with E-state index in [4.69, 9.17) is 0 Å². The molecule has 1 aromatic rings. The largest absolute Gasteiger partial charge is 0.446 e. The molecular formula is C17H21F3N2O2S. The smallest absolute Gasteiger partial charge is 0.342 e. The lowest BCUT2D eigenvalue weighted by molar-refractivity contribution is -0.137. The van der Waals surface area contributed by atoms with Gasteiger partial charge in [-0.05, 0) is 36.7 Å². The van der Waals surface area contributed by atoms with E-state index in [-0.39, 0.29) is 46.0 Å². The maximum Gasteiger partial charge on any atom is 0.446 e. The number of hydrogen-bond acceptors (Lipinski definition) is 3. The molecule has 0 unspecified atom stereocenters. The standard InChI is InChI=1S/C17H21F3N2O2S/c1-11(2)16(24)22-9-7-12(8-10-22)15(23)21-13-5-3-4-6-14(13)25-17(18,19)20/h3-6,11-12H,7-10H2,1-2H3,(H,21,23). The second-order valence-electron chi connectivity index (χ2n) is 6.29. The fourth-order valence-corrected chi connectivity index (χ4v) is 3.37. The van der Waals surface area contributed by atoms with Gasteiger partial charge in [0.05, 0.1) is 5.69 Å². The van der Waals surface area contributed by atoms with Crippen LogP contribution in [0.5, 0.6) is 0 Å². The lowest BCUT2D eigenvalue weighted by Crippen LogP contribution is -2.43. The molecule has 4 nitrogen and oxygen atoms in total. The molecule has 1 N–H and O–H groups in total. The van der Waals surface area contributed by atoms with Gasteiger partial charge in [0, 0.05) is 29.8 Å². The van der Waals surface area contributed by atoms with Crippen LogP contribution in [0.15, 0.2) is 29.2 Å². The number of carbonyl (C=O) groups is 2. The van der Waals surface area contributed by atoms with Crippen molar-refractivity contribution in [2.45, 2.75) is 37.1 Å². The maximum atomic E-state index is 12.6. The summed E-state index contributed by atoms with van der Waals surface area (Å²) in [4.78, 5) is 26.1. The zero-order valence-corrected chi connectivity index (χ0v) is 14.9. The highest BCUT2D eigenvalue weighted by Crippen LogP contribution is 2.40. The van der Waals surface area contributed by atoms with Gasteiger partial charge in [0.15, 0.2) is 0 Å². The average Bonchev–Trinajstić information content (AvgIpc) is 2.54. The zero-order valence-electron chi connectivity index (χ0n) is 14.1. The number of hydrogen-bond donors (Lipinski definition) is 1. The maximum absolute atomic E-state index is 12.6. The number of nitrogens with one attached hydrogen (secondary N) is 1. The van der Waals surface area contributed by atoms with Gasteiger partial charge in [-0.1, -0.05) is 26.0 Å². The molecule has 1 fully saturated rings. The third kappa shape index (κ3) is 5.66. The van der Waals surface area contributed by atoms with Crippen molar-refractivity contribution in [2.24, 2.45) is 11.8 Å². The number of carbonyl (C=O) groups excluding carboxylic acids is 2. The molecule has 0 radical (unpaired) electrons. The molecule has 1 aromatic carbocycles. The van der Waals surface area contributed by atoms with Crippen LogP contribution in [-0.4, -0.2) is 35.3 Å². The second kappa shape index (κ2) is 8.12. The number of rotatable bonds is 4. The number of likely N-dealkylation sites (tertiary alicyclic amines) is 1. The molecule has 138 valence electrons. The summed E-state index contributed by atoms with van der Waals surface area (Å²) in [7, 11) is 0. The number of halogens is 3. The predicted octanol–water partition coefficient (Wildman–Crippen LogP) is 4.13. The molecule has 0 bridgehead atoms. The Bertz CT molecular complexity index is 627. The molecule has 8 heteroatoms. The molecule has 25 heavy (non-hydrogen) atoms. The lowest BCUT2D eigenvalue weighted by Gasteiger charge is -2.32. The number of piperidine rings is 1. The molecule has 0 aliphatic carbocycles. The van der Waals surface area contributed by atoms with Gasteiger partial charge >= 0.3 is 5.51 Å².